The van der Waals surface area contributed by atoms with Gasteiger partial charge in [0.1, 0.15) is 11.3 Å². The van der Waals surface area contributed by atoms with Gasteiger partial charge in [0.15, 0.2) is 0 Å². The van der Waals surface area contributed by atoms with Crippen LogP contribution in [0.15, 0.2) is 18.2 Å². The van der Waals surface area contributed by atoms with Crippen LogP contribution in [0.1, 0.15) is 12.8 Å². The predicted molar refractivity (Wildman–Crippen MR) is 57.2 cm³/mol. The number of hydrogen-bond donors (Lipinski definition) is 2. The molecule has 0 aromatic heterocycles. The van der Waals surface area contributed by atoms with E-state index in [1.165, 1.54) is 0 Å². The molecule has 0 radical (unpaired) electrons. The molecule has 15 heavy (non-hydrogen) atoms. The number of fused-ring (bicyclic) bond motifs is 1. The van der Waals surface area contributed by atoms with Gasteiger partial charge in [-0.3, -0.25) is 4.79 Å². The maximum absolute atomic E-state index is 11.7. The number of ether oxygens (including phenoxy) is 1. The Morgan fingerprint density at radius 3 is 2.80 bits per heavy atom. The largest absolute Gasteiger partial charge is 0.497 e. The molecule has 0 atom stereocenters. The molecular weight excluding hydrogens is 192 g/mol. The Bertz CT molecular complexity index is 438. The van der Waals surface area contributed by atoms with Crippen LogP contribution in [0.2, 0.25) is 0 Å². The van der Waals surface area contributed by atoms with Gasteiger partial charge in [0.05, 0.1) is 18.5 Å². The number of carbonyl (C=O) groups excluding carboxylic acids is 1. The van der Waals surface area contributed by atoms with Crippen molar-refractivity contribution in [1.82, 2.24) is 0 Å². The Hall–Kier alpha value is -1.71. The van der Waals surface area contributed by atoms with E-state index in [-0.39, 0.29) is 11.4 Å². The number of nitrogens with one attached hydrogen (secondary N) is 2. The highest BCUT2D eigenvalue weighted by molar-refractivity contribution is 6.08. The second kappa shape index (κ2) is 2.66. The number of methoxy groups -OCH3 is 1. The van der Waals surface area contributed by atoms with E-state index in [0.29, 0.717) is 0 Å². The third-order valence-corrected chi connectivity index (χ3v) is 3.03. The summed E-state index contributed by atoms with van der Waals surface area (Å²) in [5.41, 5.74) is 1.46. The van der Waals surface area contributed by atoms with Crippen molar-refractivity contribution in [3.8, 4) is 5.75 Å². The zero-order chi connectivity index (χ0) is 10.5. The Kier molecular flexibility index (Phi) is 1.52. The van der Waals surface area contributed by atoms with Gasteiger partial charge in [-0.15, -0.1) is 0 Å². The van der Waals surface area contributed by atoms with Gasteiger partial charge in [0.2, 0.25) is 5.91 Å². The summed E-state index contributed by atoms with van der Waals surface area (Å²) in [6.07, 6.45) is 1.84. The van der Waals surface area contributed by atoms with Crippen LogP contribution in [-0.2, 0) is 4.79 Å². The number of benzene rings is 1. The lowest BCUT2D eigenvalue weighted by Gasteiger charge is -2.26. The molecule has 1 aliphatic heterocycles. The molecule has 0 bridgehead atoms. The van der Waals surface area contributed by atoms with Crippen LogP contribution in [-0.4, -0.2) is 18.6 Å². The summed E-state index contributed by atoms with van der Waals surface area (Å²) >= 11 is 0. The minimum atomic E-state index is -0.318. The first-order chi connectivity index (χ1) is 7.23. The second-order valence-electron chi connectivity index (χ2n) is 4.07. The molecule has 3 rings (SSSR count). The summed E-state index contributed by atoms with van der Waals surface area (Å²) in [5.74, 6) is 0.825. The maximum Gasteiger partial charge on any atom is 0.250 e. The molecule has 78 valence electrons. The van der Waals surface area contributed by atoms with Crippen molar-refractivity contribution < 1.29 is 9.53 Å². The van der Waals surface area contributed by atoms with Crippen molar-refractivity contribution in [2.24, 2.45) is 0 Å². The Balaban J connectivity index is 2.01. The number of amides is 1. The molecule has 1 aromatic carbocycles. The number of carbonyl (C=O) groups is 1. The summed E-state index contributed by atoms with van der Waals surface area (Å²) in [6, 6.07) is 5.66. The molecule has 1 amide bonds. The van der Waals surface area contributed by atoms with E-state index >= 15 is 0 Å². The van der Waals surface area contributed by atoms with Crippen LogP contribution in [0.4, 0.5) is 11.4 Å². The van der Waals surface area contributed by atoms with Crippen LogP contribution in [0.3, 0.4) is 0 Å². The molecule has 2 aliphatic rings. The van der Waals surface area contributed by atoms with E-state index in [1.54, 1.807) is 7.11 Å². The minimum Gasteiger partial charge on any atom is -0.497 e. The van der Waals surface area contributed by atoms with Gasteiger partial charge < -0.3 is 15.4 Å². The van der Waals surface area contributed by atoms with E-state index in [9.17, 15) is 4.79 Å². The fourth-order valence-electron chi connectivity index (χ4n) is 1.90. The van der Waals surface area contributed by atoms with Gasteiger partial charge in [0.25, 0.3) is 0 Å². The highest BCUT2D eigenvalue weighted by Crippen LogP contribution is 2.45. The zero-order valence-corrected chi connectivity index (χ0v) is 8.46. The Morgan fingerprint density at radius 2 is 2.13 bits per heavy atom. The van der Waals surface area contributed by atoms with Crippen molar-refractivity contribution in [1.29, 1.82) is 0 Å². The average molecular weight is 204 g/mol. The van der Waals surface area contributed by atoms with Crippen molar-refractivity contribution in [3.63, 3.8) is 0 Å². The monoisotopic (exact) mass is 204 g/mol. The average Bonchev–Trinajstić information content (AvgIpc) is 3.00. The van der Waals surface area contributed by atoms with E-state index < -0.39 is 0 Å². The molecule has 0 unspecified atom stereocenters. The first-order valence-corrected chi connectivity index (χ1v) is 5.01. The van der Waals surface area contributed by atoms with Crippen LogP contribution >= 0.6 is 0 Å². The summed E-state index contributed by atoms with van der Waals surface area (Å²) in [4.78, 5) is 11.7. The highest BCUT2D eigenvalue weighted by atomic mass is 16.5. The van der Waals surface area contributed by atoms with Crippen molar-refractivity contribution >= 4 is 17.3 Å². The van der Waals surface area contributed by atoms with E-state index in [1.807, 2.05) is 18.2 Å². The highest BCUT2D eigenvalue weighted by Gasteiger charge is 2.52. The summed E-state index contributed by atoms with van der Waals surface area (Å²) in [6.45, 7) is 0. The molecule has 1 aliphatic carbocycles. The topological polar surface area (TPSA) is 50.4 Å². The molecule has 1 aromatic rings. The van der Waals surface area contributed by atoms with Gasteiger partial charge in [-0.1, -0.05) is 0 Å². The van der Waals surface area contributed by atoms with Gasteiger partial charge in [-0.05, 0) is 25.0 Å². The normalized spacial score (nSPS) is 20.2. The maximum atomic E-state index is 11.7. The molecule has 1 spiro atoms. The van der Waals surface area contributed by atoms with Crippen LogP contribution in [0, 0.1) is 0 Å². The van der Waals surface area contributed by atoms with E-state index in [0.717, 1.165) is 30.0 Å². The number of anilines is 2. The quantitative estimate of drug-likeness (QED) is 0.730. The third kappa shape index (κ3) is 1.17. The molecule has 0 saturated heterocycles. The molecule has 2 N–H and O–H groups in total. The van der Waals surface area contributed by atoms with Gasteiger partial charge in [0, 0.05) is 6.07 Å². The molecule has 1 heterocycles. The predicted octanol–water partition coefficient (Wildman–Crippen LogP) is 1.59. The molecule has 1 fully saturated rings. The fraction of sp³-hybridized carbons (Fsp3) is 0.364. The fourth-order valence-corrected chi connectivity index (χ4v) is 1.90. The number of hydrogen-bond acceptors (Lipinski definition) is 3. The standard InChI is InChI=1S/C11H12N2O2/c1-15-7-2-3-8-9(6-7)12-10(14)11(13-8)4-5-11/h2-3,6,13H,4-5H2,1H3,(H,12,14). The lowest BCUT2D eigenvalue weighted by Crippen LogP contribution is -2.40. The smallest absolute Gasteiger partial charge is 0.250 e. The first-order valence-electron chi connectivity index (χ1n) is 5.01. The lowest BCUT2D eigenvalue weighted by molar-refractivity contribution is -0.117. The van der Waals surface area contributed by atoms with Crippen LogP contribution < -0.4 is 15.4 Å². The van der Waals surface area contributed by atoms with Crippen molar-refractivity contribution in [2.45, 2.75) is 18.4 Å². The van der Waals surface area contributed by atoms with Gasteiger partial charge in [-0.2, -0.15) is 0 Å². The third-order valence-electron chi connectivity index (χ3n) is 3.03. The van der Waals surface area contributed by atoms with E-state index in [4.69, 9.17) is 4.74 Å². The van der Waals surface area contributed by atoms with Crippen LogP contribution in [0.25, 0.3) is 0 Å². The molecular formula is C11H12N2O2. The SMILES string of the molecule is COc1ccc2c(c1)NC(=O)C1(CC1)N2. The van der Waals surface area contributed by atoms with E-state index in [2.05, 4.69) is 10.6 Å². The Morgan fingerprint density at radius 1 is 1.33 bits per heavy atom. The summed E-state index contributed by atoms with van der Waals surface area (Å²) in [7, 11) is 1.61. The zero-order valence-electron chi connectivity index (χ0n) is 8.46. The van der Waals surface area contributed by atoms with Gasteiger partial charge in [-0.25, -0.2) is 0 Å². The lowest BCUT2D eigenvalue weighted by atomic mass is 10.1. The Labute approximate surface area is 87.6 Å². The number of rotatable bonds is 1. The second-order valence-corrected chi connectivity index (χ2v) is 4.07. The molecule has 1 saturated carbocycles. The summed E-state index contributed by atoms with van der Waals surface area (Å²) < 4.78 is 5.10. The molecule has 4 nitrogen and oxygen atoms in total. The van der Waals surface area contributed by atoms with Crippen molar-refractivity contribution in [2.75, 3.05) is 17.7 Å². The van der Waals surface area contributed by atoms with Crippen molar-refractivity contribution in [3.05, 3.63) is 18.2 Å². The van der Waals surface area contributed by atoms with Crippen LogP contribution in [0.5, 0.6) is 5.75 Å². The van der Waals surface area contributed by atoms with Gasteiger partial charge >= 0.3 is 0 Å². The summed E-state index contributed by atoms with van der Waals surface area (Å²) in [5, 5.41) is 6.19. The minimum absolute atomic E-state index is 0.0725. The molecule has 4 heteroatoms. The first kappa shape index (κ1) is 8.59.